The second-order valence-corrected chi connectivity index (χ2v) is 7.32. The number of para-hydroxylation sites is 1. The predicted octanol–water partition coefficient (Wildman–Crippen LogP) is 3.93. The molecule has 1 fully saturated rings. The molecule has 2 aromatic rings. The van der Waals surface area contributed by atoms with Crippen LogP contribution in [0.4, 0.5) is 0 Å². The Morgan fingerprint density at radius 3 is 2.52 bits per heavy atom. The maximum atomic E-state index is 12.2. The number of aryl methyl sites for hydroxylation is 1. The molecule has 27 heavy (non-hydrogen) atoms. The van der Waals surface area contributed by atoms with Crippen LogP contribution in [0.1, 0.15) is 36.8 Å². The lowest BCUT2D eigenvalue weighted by atomic mass is 10.0. The first-order valence-electron chi connectivity index (χ1n) is 9.95. The Kier molecular flexibility index (Phi) is 7.28. The van der Waals surface area contributed by atoms with Gasteiger partial charge in [0.25, 0.3) is 0 Å². The van der Waals surface area contributed by atoms with Gasteiger partial charge in [-0.25, -0.2) is 0 Å². The topological polar surface area (TPSA) is 41.6 Å². The molecule has 0 unspecified atom stereocenters. The van der Waals surface area contributed by atoms with Gasteiger partial charge in [-0.3, -0.25) is 9.69 Å². The normalized spacial score (nSPS) is 15.4. The summed E-state index contributed by atoms with van der Waals surface area (Å²) in [7, 11) is 0. The second kappa shape index (κ2) is 10.1. The fourth-order valence-electron chi connectivity index (χ4n) is 3.51. The highest BCUT2D eigenvalue weighted by molar-refractivity contribution is 5.76. The van der Waals surface area contributed by atoms with Gasteiger partial charge in [-0.2, -0.15) is 0 Å². The van der Waals surface area contributed by atoms with Crippen LogP contribution in [0.25, 0.3) is 0 Å². The van der Waals surface area contributed by atoms with E-state index in [0.29, 0.717) is 19.1 Å². The van der Waals surface area contributed by atoms with E-state index < -0.39 is 0 Å². The molecule has 0 atom stereocenters. The number of carbonyl (C=O) groups excluding carboxylic acids is 1. The Hall–Kier alpha value is -2.33. The Labute approximate surface area is 162 Å². The number of hydrogen-bond acceptors (Lipinski definition) is 3. The lowest BCUT2D eigenvalue weighted by Crippen LogP contribution is -2.44. The van der Waals surface area contributed by atoms with Crippen LogP contribution < -0.4 is 10.1 Å². The summed E-state index contributed by atoms with van der Waals surface area (Å²) >= 11 is 0. The minimum Gasteiger partial charge on any atom is -0.493 e. The number of benzene rings is 2. The van der Waals surface area contributed by atoms with Gasteiger partial charge < -0.3 is 10.1 Å². The van der Waals surface area contributed by atoms with Crippen molar-refractivity contribution in [3.05, 3.63) is 65.7 Å². The molecule has 1 aliphatic heterocycles. The quantitative estimate of drug-likeness (QED) is 0.720. The number of nitrogens with zero attached hydrogens (tertiary/aromatic N) is 1. The summed E-state index contributed by atoms with van der Waals surface area (Å²) in [5.41, 5.74) is 2.48. The van der Waals surface area contributed by atoms with Gasteiger partial charge in [-0.1, -0.05) is 48.5 Å². The van der Waals surface area contributed by atoms with E-state index in [1.165, 1.54) is 5.56 Å². The van der Waals surface area contributed by atoms with Crippen LogP contribution in [0.3, 0.4) is 0 Å². The number of hydrogen-bond donors (Lipinski definition) is 1. The first-order chi connectivity index (χ1) is 13.2. The highest BCUT2D eigenvalue weighted by Crippen LogP contribution is 2.17. The third-order valence-corrected chi connectivity index (χ3v) is 5.10. The molecule has 1 saturated heterocycles. The van der Waals surface area contributed by atoms with Crippen LogP contribution >= 0.6 is 0 Å². The third kappa shape index (κ3) is 6.40. The first-order valence-corrected chi connectivity index (χ1v) is 9.95. The molecule has 2 aromatic carbocycles. The van der Waals surface area contributed by atoms with Gasteiger partial charge in [0.2, 0.25) is 5.91 Å². The van der Waals surface area contributed by atoms with Crippen LogP contribution in [0.2, 0.25) is 0 Å². The van der Waals surface area contributed by atoms with Crippen molar-refractivity contribution >= 4 is 5.91 Å². The average molecular weight is 367 g/mol. The van der Waals surface area contributed by atoms with Crippen molar-refractivity contribution in [1.82, 2.24) is 10.2 Å². The van der Waals surface area contributed by atoms with Gasteiger partial charge in [0.15, 0.2) is 0 Å². The van der Waals surface area contributed by atoms with Gasteiger partial charge in [0.05, 0.1) is 6.61 Å². The molecule has 0 spiro atoms. The van der Waals surface area contributed by atoms with Crippen molar-refractivity contribution in [2.75, 3.05) is 19.7 Å². The molecule has 0 aromatic heterocycles. The zero-order valence-electron chi connectivity index (χ0n) is 16.2. The fraction of sp³-hybridized carbons (Fsp3) is 0.435. The highest BCUT2D eigenvalue weighted by Gasteiger charge is 2.20. The fourth-order valence-corrected chi connectivity index (χ4v) is 3.51. The zero-order valence-corrected chi connectivity index (χ0v) is 16.2. The molecule has 4 nitrogen and oxygen atoms in total. The second-order valence-electron chi connectivity index (χ2n) is 7.32. The number of amides is 1. The van der Waals surface area contributed by atoms with E-state index in [0.717, 1.165) is 50.2 Å². The summed E-state index contributed by atoms with van der Waals surface area (Å²) in [5.74, 6) is 1.05. The average Bonchev–Trinajstić information content (AvgIpc) is 2.69. The minimum atomic E-state index is 0.143. The first kappa shape index (κ1) is 19.4. The molecular formula is C23H30N2O2. The number of likely N-dealkylation sites (tertiary alicyclic amines) is 1. The SMILES string of the molecule is Cc1ccccc1OCCCC(=O)NC1CCN(Cc2ccccc2)CC1. The molecule has 1 N–H and O–H groups in total. The van der Waals surface area contributed by atoms with E-state index in [4.69, 9.17) is 4.74 Å². The minimum absolute atomic E-state index is 0.143. The van der Waals surface area contributed by atoms with E-state index >= 15 is 0 Å². The lowest BCUT2D eigenvalue weighted by Gasteiger charge is -2.32. The monoisotopic (exact) mass is 366 g/mol. The van der Waals surface area contributed by atoms with E-state index in [1.54, 1.807) is 0 Å². The molecule has 144 valence electrons. The number of nitrogens with one attached hydrogen (secondary N) is 1. The Bertz CT molecular complexity index is 709. The van der Waals surface area contributed by atoms with E-state index in [9.17, 15) is 4.79 Å². The summed E-state index contributed by atoms with van der Waals surface area (Å²) in [6, 6.07) is 18.9. The summed E-state index contributed by atoms with van der Waals surface area (Å²) in [6.07, 6.45) is 3.32. The molecule has 4 heteroatoms. The van der Waals surface area contributed by atoms with Crippen LogP contribution in [-0.2, 0) is 11.3 Å². The van der Waals surface area contributed by atoms with Gasteiger partial charge in [-0.05, 0) is 43.4 Å². The van der Waals surface area contributed by atoms with Crippen molar-refractivity contribution in [1.29, 1.82) is 0 Å². The molecule has 3 rings (SSSR count). The third-order valence-electron chi connectivity index (χ3n) is 5.10. The van der Waals surface area contributed by atoms with Gasteiger partial charge in [0.1, 0.15) is 5.75 Å². The Morgan fingerprint density at radius 2 is 1.78 bits per heavy atom. The van der Waals surface area contributed by atoms with Gasteiger partial charge in [0, 0.05) is 32.1 Å². The smallest absolute Gasteiger partial charge is 0.220 e. The predicted molar refractivity (Wildman–Crippen MR) is 109 cm³/mol. The van der Waals surface area contributed by atoms with Gasteiger partial charge >= 0.3 is 0 Å². The molecular weight excluding hydrogens is 336 g/mol. The molecule has 1 heterocycles. The molecule has 0 saturated carbocycles. The molecule has 0 bridgehead atoms. The summed E-state index contributed by atoms with van der Waals surface area (Å²) in [6.45, 7) is 5.68. The Balaban J connectivity index is 1.29. The Morgan fingerprint density at radius 1 is 1.07 bits per heavy atom. The van der Waals surface area contributed by atoms with Crippen LogP contribution in [0.5, 0.6) is 5.75 Å². The van der Waals surface area contributed by atoms with Crippen molar-refractivity contribution < 1.29 is 9.53 Å². The molecule has 0 aliphatic carbocycles. The standard InChI is InChI=1S/C23H30N2O2/c1-19-8-5-6-11-22(19)27-17-7-12-23(26)24-21-13-15-25(16-14-21)18-20-9-3-2-4-10-20/h2-6,8-11,21H,7,12-18H2,1H3,(H,24,26). The van der Waals surface area contributed by atoms with Crippen LogP contribution in [-0.4, -0.2) is 36.5 Å². The van der Waals surface area contributed by atoms with E-state index in [1.807, 2.05) is 31.2 Å². The summed E-state index contributed by atoms with van der Waals surface area (Å²) < 4.78 is 5.76. The van der Waals surface area contributed by atoms with E-state index in [2.05, 4.69) is 40.5 Å². The summed E-state index contributed by atoms with van der Waals surface area (Å²) in [4.78, 5) is 14.6. The van der Waals surface area contributed by atoms with Crippen molar-refractivity contribution in [3.63, 3.8) is 0 Å². The van der Waals surface area contributed by atoms with Gasteiger partial charge in [-0.15, -0.1) is 0 Å². The molecule has 1 amide bonds. The molecule has 0 radical (unpaired) electrons. The maximum absolute atomic E-state index is 12.2. The van der Waals surface area contributed by atoms with Crippen molar-refractivity contribution in [3.8, 4) is 5.75 Å². The number of carbonyl (C=O) groups is 1. The zero-order chi connectivity index (χ0) is 18.9. The largest absolute Gasteiger partial charge is 0.493 e. The highest BCUT2D eigenvalue weighted by atomic mass is 16.5. The number of rotatable bonds is 8. The van der Waals surface area contributed by atoms with Crippen molar-refractivity contribution in [2.45, 2.75) is 45.2 Å². The number of piperidine rings is 1. The lowest BCUT2D eigenvalue weighted by molar-refractivity contribution is -0.122. The van der Waals surface area contributed by atoms with E-state index in [-0.39, 0.29) is 5.91 Å². The maximum Gasteiger partial charge on any atom is 0.220 e. The van der Waals surface area contributed by atoms with Crippen LogP contribution in [0, 0.1) is 6.92 Å². The molecule has 1 aliphatic rings. The van der Waals surface area contributed by atoms with Crippen LogP contribution in [0.15, 0.2) is 54.6 Å². The number of ether oxygens (including phenoxy) is 1. The summed E-state index contributed by atoms with van der Waals surface area (Å²) in [5, 5.41) is 3.19. The van der Waals surface area contributed by atoms with Crippen molar-refractivity contribution in [2.24, 2.45) is 0 Å².